The smallest absolute Gasteiger partial charge is 0.273 e. The third kappa shape index (κ3) is 3.94. The van der Waals surface area contributed by atoms with Crippen LogP contribution in [0, 0.1) is 13.7 Å². The van der Waals surface area contributed by atoms with Gasteiger partial charge in [0.05, 0.1) is 18.1 Å². The summed E-state index contributed by atoms with van der Waals surface area (Å²) in [6.45, 7) is -0.172. The highest BCUT2D eigenvalue weighted by atomic mass is 127. The molecule has 114 valence electrons. The molecule has 0 aromatic heterocycles. The third-order valence-corrected chi connectivity index (χ3v) is 3.60. The molecule has 0 fully saturated rings. The Labute approximate surface area is 140 Å². The topological polar surface area (TPSA) is 78.7 Å². The summed E-state index contributed by atoms with van der Waals surface area (Å²) in [6, 6.07) is 11.1. The summed E-state index contributed by atoms with van der Waals surface area (Å²) >= 11 is 2.15. The van der Waals surface area contributed by atoms with Crippen molar-refractivity contribution in [2.24, 2.45) is 0 Å². The number of Topliss-reactive ketones (excluding diaryl/α,β-unsaturated/α-hetero) is 1. The number of rotatable bonds is 6. The molecule has 2 rings (SSSR count). The van der Waals surface area contributed by atoms with Crippen LogP contribution in [0.2, 0.25) is 0 Å². The van der Waals surface area contributed by atoms with Gasteiger partial charge in [0.1, 0.15) is 0 Å². The Balaban J connectivity index is 2.09. The number of carbonyl (C=O) groups excluding carboxylic acids is 1. The van der Waals surface area contributed by atoms with Gasteiger partial charge in [-0.25, -0.2) is 0 Å². The molecule has 0 bridgehead atoms. The molecule has 2 aromatic rings. The van der Waals surface area contributed by atoms with Gasteiger partial charge in [-0.15, -0.1) is 0 Å². The molecular weight excluding hydrogens is 401 g/mol. The quantitative estimate of drug-likeness (QED) is 0.314. The summed E-state index contributed by atoms with van der Waals surface area (Å²) in [6.07, 6.45) is 0. The highest BCUT2D eigenvalue weighted by molar-refractivity contribution is 14.1. The number of nitro groups is 1. The monoisotopic (exact) mass is 413 g/mol. The number of nitro benzene ring substituents is 1. The second kappa shape index (κ2) is 7.21. The molecule has 7 heteroatoms. The van der Waals surface area contributed by atoms with E-state index in [4.69, 9.17) is 9.47 Å². The van der Waals surface area contributed by atoms with E-state index in [1.54, 1.807) is 12.1 Å². The fraction of sp³-hybridized carbons (Fsp3) is 0.133. The van der Waals surface area contributed by atoms with Crippen molar-refractivity contribution in [1.82, 2.24) is 0 Å². The maximum atomic E-state index is 12.0. The van der Waals surface area contributed by atoms with E-state index in [9.17, 15) is 14.9 Å². The number of hydrogen-bond acceptors (Lipinski definition) is 5. The van der Waals surface area contributed by atoms with Crippen molar-refractivity contribution in [3.63, 3.8) is 0 Å². The van der Waals surface area contributed by atoms with Crippen LogP contribution < -0.4 is 9.47 Å². The molecule has 0 saturated carbocycles. The first-order valence-electron chi connectivity index (χ1n) is 6.25. The molecular formula is C15H12INO5. The Morgan fingerprint density at radius 3 is 2.45 bits per heavy atom. The molecule has 0 aliphatic carbocycles. The van der Waals surface area contributed by atoms with Gasteiger partial charge >= 0.3 is 0 Å². The van der Waals surface area contributed by atoms with Gasteiger partial charge in [-0.1, -0.05) is 12.1 Å². The average molecular weight is 413 g/mol. The highest BCUT2D eigenvalue weighted by Crippen LogP contribution is 2.31. The molecule has 0 saturated heterocycles. The van der Waals surface area contributed by atoms with Crippen molar-refractivity contribution in [2.45, 2.75) is 0 Å². The van der Waals surface area contributed by atoms with Crippen molar-refractivity contribution in [1.29, 1.82) is 0 Å². The second-order valence-electron chi connectivity index (χ2n) is 4.31. The van der Waals surface area contributed by atoms with Crippen LogP contribution in [0.3, 0.4) is 0 Å². The van der Waals surface area contributed by atoms with Gasteiger partial charge in [-0.05, 0) is 40.8 Å². The van der Waals surface area contributed by atoms with E-state index in [1.165, 1.54) is 25.3 Å². The number of ether oxygens (including phenoxy) is 2. The van der Waals surface area contributed by atoms with Gasteiger partial charge in [0.15, 0.2) is 23.9 Å². The lowest BCUT2D eigenvalue weighted by atomic mass is 10.1. The Hall–Kier alpha value is -2.16. The van der Waals surface area contributed by atoms with Crippen molar-refractivity contribution < 1.29 is 19.2 Å². The Kier molecular flexibility index (Phi) is 5.31. The highest BCUT2D eigenvalue weighted by Gasteiger charge is 2.14. The fourth-order valence-electron chi connectivity index (χ4n) is 1.75. The van der Waals surface area contributed by atoms with Crippen LogP contribution >= 0.6 is 22.6 Å². The molecule has 22 heavy (non-hydrogen) atoms. The summed E-state index contributed by atoms with van der Waals surface area (Å²) in [5.74, 6) is 0.313. The lowest BCUT2D eigenvalue weighted by Gasteiger charge is -2.10. The van der Waals surface area contributed by atoms with Gasteiger partial charge in [0, 0.05) is 15.2 Å². The molecule has 0 amide bonds. The predicted molar refractivity (Wildman–Crippen MR) is 88.6 cm³/mol. The maximum absolute atomic E-state index is 12.0. The van der Waals surface area contributed by atoms with E-state index in [0.717, 1.165) is 3.57 Å². The van der Waals surface area contributed by atoms with Gasteiger partial charge in [-0.2, -0.15) is 0 Å². The van der Waals surface area contributed by atoms with Crippen LogP contribution in [-0.4, -0.2) is 24.4 Å². The van der Waals surface area contributed by atoms with Gasteiger partial charge in [-0.3, -0.25) is 14.9 Å². The van der Waals surface area contributed by atoms with E-state index < -0.39 is 4.92 Å². The summed E-state index contributed by atoms with van der Waals surface area (Å²) in [5, 5.41) is 10.7. The van der Waals surface area contributed by atoms with Crippen LogP contribution in [0.1, 0.15) is 10.4 Å². The Bertz CT molecular complexity index is 700. The largest absolute Gasteiger partial charge is 0.493 e. The summed E-state index contributed by atoms with van der Waals surface area (Å²) in [7, 11) is 1.38. The van der Waals surface area contributed by atoms with Gasteiger partial charge in [0.2, 0.25) is 0 Å². The van der Waals surface area contributed by atoms with Crippen molar-refractivity contribution >= 4 is 34.1 Å². The minimum absolute atomic E-state index is 0.104. The lowest BCUT2D eigenvalue weighted by Crippen LogP contribution is -2.12. The van der Waals surface area contributed by atoms with Crippen molar-refractivity contribution in [2.75, 3.05) is 13.7 Å². The number of hydrogen-bond donors (Lipinski definition) is 0. The van der Waals surface area contributed by atoms with E-state index in [0.29, 0.717) is 5.56 Å². The number of halogens is 1. The van der Waals surface area contributed by atoms with Crippen molar-refractivity contribution in [3.8, 4) is 11.5 Å². The van der Waals surface area contributed by atoms with E-state index in [1.807, 2.05) is 12.1 Å². The number of nitrogens with zero attached hydrogens (tertiary/aromatic N) is 1. The molecule has 0 N–H and O–H groups in total. The number of ketones is 1. The first-order chi connectivity index (χ1) is 10.5. The van der Waals surface area contributed by atoms with Crippen LogP contribution in [0.5, 0.6) is 11.5 Å². The zero-order chi connectivity index (χ0) is 16.1. The minimum atomic E-state index is -0.525. The fourth-order valence-corrected chi connectivity index (χ4v) is 2.11. The van der Waals surface area contributed by atoms with Gasteiger partial charge < -0.3 is 9.47 Å². The maximum Gasteiger partial charge on any atom is 0.273 e. The first-order valence-corrected chi connectivity index (χ1v) is 7.33. The summed E-state index contributed by atoms with van der Waals surface area (Å²) in [4.78, 5) is 22.2. The summed E-state index contributed by atoms with van der Waals surface area (Å²) < 4.78 is 11.5. The first kappa shape index (κ1) is 16.2. The van der Waals surface area contributed by atoms with Crippen LogP contribution in [0.25, 0.3) is 0 Å². The normalized spacial score (nSPS) is 10.1. The van der Waals surface area contributed by atoms with Crippen LogP contribution in [0.15, 0.2) is 42.5 Å². The number of benzene rings is 2. The van der Waals surface area contributed by atoms with Gasteiger partial charge in [0.25, 0.3) is 5.69 Å². The predicted octanol–water partition coefficient (Wildman–Crippen LogP) is 3.47. The van der Waals surface area contributed by atoms with E-state index in [2.05, 4.69) is 22.6 Å². The molecule has 2 aromatic carbocycles. The van der Waals surface area contributed by atoms with Crippen LogP contribution in [-0.2, 0) is 0 Å². The molecule has 0 atom stereocenters. The zero-order valence-electron chi connectivity index (χ0n) is 11.6. The lowest BCUT2D eigenvalue weighted by molar-refractivity contribution is -0.384. The minimum Gasteiger partial charge on any atom is -0.493 e. The molecule has 6 nitrogen and oxygen atoms in total. The zero-order valence-corrected chi connectivity index (χ0v) is 13.8. The molecule has 0 radical (unpaired) electrons. The molecule has 0 aliphatic rings. The number of methoxy groups -OCH3 is 1. The van der Waals surface area contributed by atoms with Crippen molar-refractivity contribution in [3.05, 3.63) is 61.7 Å². The molecule has 0 aliphatic heterocycles. The Morgan fingerprint density at radius 1 is 1.18 bits per heavy atom. The average Bonchev–Trinajstić information content (AvgIpc) is 2.52. The molecule has 0 heterocycles. The molecule has 0 spiro atoms. The third-order valence-electron chi connectivity index (χ3n) is 2.88. The number of non-ortho nitro benzene ring substituents is 1. The SMILES string of the molecule is COc1cc([N+](=O)[O-])ccc1OCC(=O)c1ccc(I)cc1. The van der Waals surface area contributed by atoms with Crippen LogP contribution in [0.4, 0.5) is 5.69 Å². The van der Waals surface area contributed by atoms with E-state index in [-0.39, 0.29) is 29.6 Å². The molecule has 0 unspecified atom stereocenters. The summed E-state index contributed by atoms with van der Waals surface area (Å²) in [5.41, 5.74) is 0.439. The Morgan fingerprint density at radius 2 is 1.86 bits per heavy atom. The number of carbonyl (C=O) groups is 1. The second-order valence-corrected chi connectivity index (χ2v) is 5.56. The van der Waals surface area contributed by atoms with E-state index >= 15 is 0 Å². The standard InChI is InChI=1S/C15H12INO5/c1-21-15-8-12(17(19)20)6-7-14(15)22-9-13(18)10-2-4-11(16)5-3-10/h2-8H,9H2,1H3.